The Balaban J connectivity index is 1.52. The van der Waals surface area contributed by atoms with Crippen LogP contribution in [-0.4, -0.2) is 58.0 Å². The number of carbonyl (C=O) groups is 1. The second-order valence-corrected chi connectivity index (χ2v) is 6.20. The van der Waals surface area contributed by atoms with Gasteiger partial charge in [-0.25, -0.2) is 4.98 Å². The fraction of sp³-hybridized carbons (Fsp3) is 0.733. The molecule has 1 aromatic heterocycles. The van der Waals surface area contributed by atoms with Crippen molar-refractivity contribution < 1.29 is 4.79 Å². The summed E-state index contributed by atoms with van der Waals surface area (Å²) in [6, 6.07) is 0.147. The summed E-state index contributed by atoms with van der Waals surface area (Å²) < 4.78 is 2.11. The highest BCUT2D eigenvalue weighted by molar-refractivity contribution is 5.83. The average molecular weight is 276 g/mol. The Bertz CT molecular complexity index is 476. The molecule has 2 aliphatic rings. The van der Waals surface area contributed by atoms with Crippen LogP contribution in [0.4, 0.5) is 0 Å². The average Bonchev–Trinajstić information content (AvgIpc) is 2.99. The molecule has 20 heavy (non-hydrogen) atoms. The highest BCUT2D eigenvalue weighted by atomic mass is 16.2. The largest absolute Gasteiger partial charge is 0.344 e. The number of amides is 1. The SMILES string of the molecule is CN1CCC(N2CCC(Cc3nccn3C)CC2)C1=O. The summed E-state index contributed by atoms with van der Waals surface area (Å²) in [7, 11) is 3.97. The van der Waals surface area contributed by atoms with Crippen molar-refractivity contribution in [2.75, 3.05) is 26.7 Å². The maximum Gasteiger partial charge on any atom is 0.239 e. The summed E-state index contributed by atoms with van der Waals surface area (Å²) in [6.45, 7) is 3.02. The normalized spacial score (nSPS) is 25.6. The number of piperidine rings is 1. The van der Waals surface area contributed by atoms with Crippen LogP contribution in [0.25, 0.3) is 0 Å². The fourth-order valence-corrected chi connectivity index (χ4v) is 3.46. The molecule has 1 aromatic rings. The lowest BCUT2D eigenvalue weighted by Gasteiger charge is -2.34. The Kier molecular flexibility index (Phi) is 3.78. The van der Waals surface area contributed by atoms with Gasteiger partial charge in [0.1, 0.15) is 5.82 Å². The number of hydrogen-bond acceptors (Lipinski definition) is 3. The van der Waals surface area contributed by atoms with Crippen molar-refractivity contribution in [2.45, 2.75) is 31.7 Å². The predicted octanol–water partition coefficient (Wildman–Crippen LogP) is 0.905. The van der Waals surface area contributed by atoms with Gasteiger partial charge in [0, 0.05) is 39.5 Å². The molecule has 2 aliphatic heterocycles. The number of imidazole rings is 1. The number of likely N-dealkylation sites (tertiary alicyclic amines) is 2. The molecule has 0 N–H and O–H groups in total. The van der Waals surface area contributed by atoms with Gasteiger partial charge in [-0.2, -0.15) is 0 Å². The lowest BCUT2D eigenvalue weighted by Crippen LogP contribution is -2.45. The molecule has 0 aromatic carbocycles. The van der Waals surface area contributed by atoms with Gasteiger partial charge in [0.15, 0.2) is 0 Å². The monoisotopic (exact) mass is 276 g/mol. The number of aromatic nitrogens is 2. The number of rotatable bonds is 3. The smallest absolute Gasteiger partial charge is 0.239 e. The van der Waals surface area contributed by atoms with Gasteiger partial charge in [-0.05, 0) is 38.3 Å². The third-order valence-electron chi connectivity index (χ3n) is 4.88. The van der Waals surface area contributed by atoms with Gasteiger partial charge < -0.3 is 9.47 Å². The molecular formula is C15H24N4O. The molecule has 5 nitrogen and oxygen atoms in total. The van der Waals surface area contributed by atoms with Crippen LogP contribution in [0.3, 0.4) is 0 Å². The van der Waals surface area contributed by atoms with E-state index in [-0.39, 0.29) is 6.04 Å². The van der Waals surface area contributed by atoms with Gasteiger partial charge >= 0.3 is 0 Å². The second kappa shape index (κ2) is 5.56. The fourth-order valence-electron chi connectivity index (χ4n) is 3.46. The summed E-state index contributed by atoms with van der Waals surface area (Å²) in [5.41, 5.74) is 0. The van der Waals surface area contributed by atoms with Crippen LogP contribution >= 0.6 is 0 Å². The van der Waals surface area contributed by atoms with Crippen LogP contribution in [0.5, 0.6) is 0 Å². The molecule has 3 heterocycles. The van der Waals surface area contributed by atoms with Crippen molar-refractivity contribution in [3.05, 3.63) is 18.2 Å². The molecule has 0 radical (unpaired) electrons. The molecule has 0 spiro atoms. The lowest BCUT2D eigenvalue weighted by molar-refractivity contribution is -0.131. The Labute approximate surface area is 120 Å². The first-order valence-corrected chi connectivity index (χ1v) is 7.60. The first-order chi connectivity index (χ1) is 9.65. The highest BCUT2D eigenvalue weighted by Crippen LogP contribution is 2.25. The van der Waals surface area contributed by atoms with Gasteiger partial charge in [-0.3, -0.25) is 9.69 Å². The van der Waals surface area contributed by atoms with Crippen LogP contribution < -0.4 is 0 Å². The number of carbonyl (C=O) groups excluding carboxylic acids is 1. The Morgan fingerprint density at radius 2 is 1.95 bits per heavy atom. The van der Waals surface area contributed by atoms with E-state index in [9.17, 15) is 4.79 Å². The van der Waals surface area contributed by atoms with Gasteiger partial charge in [-0.15, -0.1) is 0 Å². The highest BCUT2D eigenvalue weighted by Gasteiger charge is 2.35. The van der Waals surface area contributed by atoms with Crippen molar-refractivity contribution in [1.29, 1.82) is 0 Å². The third-order valence-corrected chi connectivity index (χ3v) is 4.88. The van der Waals surface area contributed by atoms with Crippen molar-refractivity contribution in [3.63, 3.8) is 0 Å². The first kappa shape index (κ1) is 13.6. The Morgan fingerprint density at radius 3 is 2.50 bits per heavy atom. The number of nitrogens with zero attached hydrogens (tertiary/aromatic N) is 4. The standard InChI is InChI=1S/C15H24N4O/c1-17-10-6-16-14(17)11-12-3-8-19(9-4-12)13-5-7-18(2)15(13)20/h6,10,12-13H,3-5,7-9,11H2,1-2H3. The molecule has 1 atom stereocenters. The number of aryl methyl sites for hydroxylation is 1. The summed E-state index contributed by atoms with van der Waals surface area (Å²) in [5, 5.41) is 0. The maximum absolute atomic E-state index is 12.1. The summed E-state index contributed by atoms with van der Waals surface area (Å²) >= 11 is 0. The third kappa shape index (κ3) is 2.59. The molecule has 5 heteroatoms. The van der Waals surface area contributed by atoms with E-state index in [4.69, 9.17) is 0 Å². The molecule has 0 bridgehead atoms. The summed E-state index contributed by atoms with van der Waals surface area (Å²) in [4.78, 5) is 20.7. The molecule has 1 amide bonds. The van der Waals surface area contributed by atoms with E-state index in [2.05, 4.69) is 21.5 Å². The van der Waals surface area contributed by atoms with Gasteiger partial charge in [-0.1, -0.05) is 0 Å². The first-order valence-electron chi connectivity index (χ1n) is 7.60. The Morgan fingerprint density at radius 1 is 1.20 bits per heavy atom. The molecule has 0 saturated carbocycles. The predicted molar refractivity (Wildman–Crippen MR) is 77.3 cm³/mol. The number of likely N-dealkylation sites (N-methyl/N-ethyl adjacent to an activating group) is 1. The molecule has 2 fully saturated rings. The van der Waals surface area contributed by atoms with Crippen molar-refractivity contribution >= 4 is 5.91 Å². The van der Waals surface area contributed by atoms with E-state index in [0.29, 0.717) is 11.8 Å². The van der Waals surface area contributed by atoms with E-state index < -0.39 is 0 Å². The van der Waals surface area contributed by atoms with Crippen LogP contribution in [0.1, 0.15) is 25.1 Å². The van der Waals surface area contributed by atoms with E-state index >= 15 is 0 Å². The van der Waals surface area contributed by atoms with Gasteiger partial charge in [0.2, 0.25) is 5.91 Å². The molecule has 1 unspecified atom stereocenters. The van der Waals surface area contributed by atoms with Crippen LogP contribution in [0, 0.1) is 5.92 Å². The minimum absolute atomic E-state index is 0.147. The number of hydrogen-bond donors (Lipinski definition) is 0. The van der Waals surface area contributed by atoms with E-state index in [0.717, 1.165) is 32.5 Å². The van der Waals surface area contributed by atoms with E-state index in [1.54, 1.807) is 0 Å². The topological polar surface area (TPSA) is 41.4 Å². The van der Waals surface area contributed by atoms with Gasteiger partial charge in [0.05, 0.1) is 6.04 Å². The zero-order chi connectivity index (χ0) is 14.1. The van der Waals surface area contributed by atoms with Crippen molar-refractivity contribution in [1.82, 2.24) is 19.4 Å². The molecular weight excluding hydrogens is 252 g/mol. The summed E-state index contributed by atoms with van der Waals surface area (Å²) in [5.74, 6) is 2.20. The second-order valence-electron chi connectivity index (χ2n) is 6.20. The lowest BCUT2D eigenvalue weighted by atomic mass is 9.92. The van der Waals surface area contributed by atoms with Gasteiger partial charge in [0.25, 0.3) is 0 Å². The van der Waals surface area contributed by atoms with E-state index in [1.165, 1.54) is 18.7 Å². The zero-order valence-corrected chi connectivity index (χ0v) is 12.5. The minimum atomic E-state index is 0.147. The molecule has 3 rings (SSSR count). The van der Waals surface area contributed by atoms with Crippen molar-refractivity contribution in [2.24, 2.45) is 13.0 Å². The van der Waals surface area contributed by atoms with Crippen LogP contribution in [-0.2, 0) is 18.3 Å². The summed E-state index contributed by atoms with van der Waals surface area (Å²) in [6.07, 6.45) is 8.31. The zero-order valence-electron chi connectivity index (χ0n) is 12.5. The van der Waals surface area contributed by atoms with Crippen molar-refractivity contribution in [3.8, 4) is 0 Å². The van der Waals surface area contributed by atoms with E-state index in [1.807, 2.05) is 24.3 Å². The quantitative estimate of drug-likeness (QED) is 0.824. The Hall–Kier alpha value is -1.36. The molecule has 110 valence electrons. The van der Waals surface area contributed by atoms with Crippen LogP contribution in [0.15, 0.2) is 12.4 Å². The molecule has 0 aliphatic carbocycles. The van der Waals surface area contributed by atoms with Crippen LogP contribution in [0.2, 0.25) is 0 Å². The maximum atomic E-state index is 12.1. The minimum Gasteiger partial charge on any atom is -0.344 e. The molecule has 2 saturated heterocycles.